The number of hydrogen-bond acceptors (Lipinski definition) is 4. The van der Waals surface area contributed by atoms with Crippen LogP contribution in [0.1, 0.15) is 12.5 Å². The van der Waals surface area contributed by atoms with Crippen molar-refractivity contribution in [1.82, 2.24) is 10.2 Å². The Balaban J connectivity index is 2.40. The Labute approximate surface area is 180 Å². The van der Waals surface area contributed by atoms with Crippen LogP contribution in [0.5, 0.6) is 0 Å². The third-order valence-corrected chi connectivity index (χ3v) is 6.00. The third kappa shape index (κ3) is 5.93. The first-order valence-electron chi connectivity index (χ1n) is 9.02. The molecule has 0 aliphatic carbocycles. The molecule has 1 N–H and O–H groups in total. The number of benzene rings is 2. The van der Waals surface area contributed by atoms with E-state index >= 15 is 0 Å². The zero-order valence-electron chi connectivity index (χ0n) is 16.8. The highest BCUT2D eigenvalue weighted by Crippen LogP contribution is 2.22. The maximum absolute atomic E-state index is 13.6. The minimum Gasteiger partial charge on any atom is -0.357 e. The molecule has 0 saturated carbocycles. The lowest BCUT2D eigenvalue weighted by atomic mass is 10.1. The van der Waals surface area contributed by atoms with Gasteiger partial charge in [-0.3, -0.25) is 13.9 Å². The van der Waals surface area contributed by atoms with Crippen LogP contribution in [0, 0.1) is 5.82 Å². The highest BCUT2D eigenvalue weighted by Gasteiger charge is 2.30. The van der Waals surface area contributed by atoms with E-state index in [9.17, 15) is 22.4 Å². The van der Waals surface area contributed by atoms with Crippen LogP contribution in [-0.4, -0.2) is 51.0 Å². The molecule has 0 unspecified atom stereocenters. The second kappa shape index (κ2) is 9.90. The van der Waals surface area contributed by atoms with Crippen molar-refractivity contribution in [3.63, 3.8) is 0 Å². The second-order valence-corrected chi connectivity index (χ2v) is 8.97. The molecular weight excluding hydrogens is 433 g/mol. The standard InChI is InChI=1S/C20H23ClFN3O4S/c1-14(20(27)23-2)24(12-15-7-4-5-10-18(15)21)19(26)13-25(30(3,28)29)17-9-6-8-16(22)11-17/h4-11,14H,12-13H2,1-3H3,(H,23,27)/t14-/m1/s1. The smallest absolute Gasteiger partial charge is 0.244 e. The molecule has 0 radical (unpaired) electrons. The number of carbonyl (C=O) groups excluding carboxylic acids is 2. The van der Waals surface area contributed by atoms with Gasteiger partial charge in [-0.15, -0.1) is 0 Å². The van der Waals surface area contributed by atoms with Crippen LogP contribution in [0.3, 0.4) is 0 Å². The van der Waals surface area contributed by atoms with E-state index in [1.807, 2.05) is 0 Å². The molecule has 0 heterocycles. The highest BCUT2D eigenvalue weighted by molar-refractivity contribution is 7.92. The van der Waals surface area contributed by atoms with Gasteiger partial charge in [0.25, 0.3) is 0 Å². The lowest BCUT2D eigenvalue weighted by Crippen LogP contribution is -2.50. The number of hydrogen-bond donors (Lipinski definition) is 1. The van der Waals surface area contributed by atoms with Crippen molar-refractivity contribution in [3.05, 3.63) is 64.9 Å². The van der Waals surface area contributed by atoms with Crippen molar-refractivity contribution in [2.45, 2.75) is 19.5 Å². The maximum atomic E-state index is 13.6. The summed E-state index contributed by atoms with van der Waals surface area (Å²) in [5, 5.41) is 2.88. The molecule has 7 nitrogen and oxygen atoms in total. The normalized spacial score (nSPS) is 12.2. The summed E-state index contributed by atoms with van der Waals surface area (Å²) in [6, 6.07) is 10.9. The number of amides is 2. The molecule has 2 rings (SSSR count). The quantitative estimate of drug-likeness (QED) is 0.662. The predicted molar refractivity (Wildman–Crippen MR) is 114 cm³/mol. The van der Waals surface area contributed by atoms with E-state index in [2.05, 4.69) is 5.32 Å². The minimum atomic E-state index is -3.90. The number of carbonyl (C=O) groups is 2. The van der Waals surface area contributed by atoms with Gasteiger partial charge in [0.1, 0.15) is 18.4 Å². The van der Waals surface area contributed by atoms with Gasteiger partial charge >= 0.3 is 0 Å². The monoisotopic (exact) mass is 455 g/mol. The van der Waals surface area contributed by atoms with E-state index in [0.717, 1.165) is 16.6 Å². The lowest BCUT2D eigenvalue weighted by molar-refractivity contribution is -0.139. The summed E-state index contributed by atoms with van der Waals surface area (Å²) in [6.07, 6.45) is 0.922. The molecule has 2 amide bonds. The number of anilines is 1. The molecule has 0 bridgehead atoms. The SMILES string of the molecule is CNC(=O)[C@@H](C)N(Cc1ccccc1Cl)C(=O)CN(c1cccc(F)c1)S(C)(=O)=O. The van der Waals surface area contributed by atoms with Gasteiger partial charge in [-0.2, -0.15) is 0 Å². The van der Waals surface area contributed by atoms with Crippen LogP contribution in [0.2, 0.25) is 5.02 Å². The third-order valence-electron chi connectivity index (χ3n) is 4.49. The van der Waals surface area contributed by atoms with Crippen molar-refractivity contribution in [3.8, 4) is 0 Å². The van der Waals surface area contributed by atoms with Crippen molar-refractivity contribution in [2.24, 2.45) is 0 Å². The molecule has 0 aliphatic heterocycles. The second-order valence-electron chi connectivity index (χ2n) is 6.65. The molecule has 0 saturated heterocycles. The molecule has 0 aromatic heterocycles. The molecule has 2 aromatic rings. The predicted octanol–water partition coefficient (Wildman–Crippen LogP) is 2.41. The molecule has 0 aliphatic rings. The summed E-state index contributed by atoms with van der Waals surface area (Å²) in [6.45, 7) is 0.919. The summed E-state index contributed by atoms with van der Waals surface area (Å²) in [4.78, 5) is 26.6. The topological polar surface area (TPSA) is 86.8 Å². The van der Waals surface area contributed by atoms with E-state index in [4.69, 9.17) is 11.6 Å². The largest absolute Gasteiger partial charge is 0.357 e. The summed E-state index contributed by atoms with van der Waals surface area (Å²) >= 11 is 6.20. The highest BCUT2D eigenvalue weighted by atomic mass is 35.5. The van der Waals surface area contributed by atoms with Crippen molar-refractivity contribution in [1.29, 1.82) is 0 Å². The zero-order valence-corrected chi connectivity index (χ0v) is 18.4. The Kier molecular flexibility index (Phi) is 7.80. The number of likely N-dealkylation sites (N-methyl/N-ethyl adjacent to an activating group) is 1. The van der Waals surface area contributed by atoms with Gasteiger partial charge in [0.05, 0.1) is 11.9 Å². The summed E-state index contributed by atoms with van der Waals surface area (Å²) in [7, 11) is -2.47. The molecule has 10 heteroatoms. The zero-order chi connectivity index (χ0) is 22.5. The van der Waals surface area contributed by atoms with Gasteiger partial charge in [0.15, 0.2) is 0 Å². The van der Waals surface area contributed by atoms with Crippen LogP contribution in [-0.2, 0) is 26.2 Å². The van der Waals surface area contributed by atoms with E-state index in [-0.39, 0.29) is 12.2 Å². The van der Waals surface area contributed by atoms with Crippen molar-refractivity contribution >= 4 is 39.1 Å². The first-order chi connectivity index (χ1) is 14.0. The van der Waals surface area contributed by atoms with E-state index in [0.29, 0.717) is 10.6 Å². The Morgan fingerprint density at radius 1 is 1.17 bits per heavy atom. The van der Waals surface area contributed by atoms with Gasteiger partial charge in [0.2, 0.25) is 21.8 Å². The number of nitrogens with zero attached hydrogens (tertiary/aromatic N) is 2. The van der Waals surface area contributed by atoms with Crippen LogP contribution < -0.4 is 9.62 Å². The average Bonchev–Trinajstić information content (AvgIpc) is 2.69. The maximum Gasteiger partial charge on any atom is 0.244 e. The Hall–Kier alpha value is -2.65. The summed E-state index contributed by atoms with van der Waals surface area (Å²) < 4.78 is 39.1. The molecule has 30 heavy (non-hydrogen) atoms. The molecule has 1 atom stereocenters. The summed E-state index contributed by atoms with van der Waals surface area (Å²) in [5.41, 5.74) is 0.607. The average molecular weight is 456 g/mol. The number of nitrogens with one attached hydrogen (secondary N) is 1. The van der Waals surface area contributed by atoms with E-state index in [1.54, 1.807) is 24.3 Å². The first-order valence-corrected chi connectivity index (χ1v) is 11.2. The van der Waals surface area contributed by atoms with Gasteiger partial charge in [0, 0.05) is 18.6 Å². The van der Waals surface area contributed by atoms with E-state index in [1.165, 1.54) is 37.1 Å². The first kappa shape index (κ1) is 23.6. The van der Waals surface area contributed by atoms with E-state index < -0.39 is 40.2 Å². The number of sulfonamides is 1. The fourth-order valence-electron chi connectivity index (χ4n) is 2.85. The molecular formula is C20H23ClFN3O4S. The molecule has 0 fully saturated rings. The Morgan fingerprint density at radius 2 is 1.83 bits per heavy atom. The Bertz CT molecular complexity index is 1030. The lowest BCUT2D eigenvalue weighted by Gasteiger charge is -2.31. The number of halogens is 2. The van der Waals surface area contributed by atoms with Crippen molar-refractivity contribution < 1.29 is 22.4 Å². The van der Waals surface area contributed by atoms with Gasteiger partial charge in [-0.05, 0) is 36.8 Å². The molecule has 2 aromatic carbocycles. The van der Waals surface area contributed by atoms with Crippen LogP contribution in [0.15, 0.2) is 48.5 Å². The van der Waals surface area contributed by atoms with Gasteiger partial charge in [-0.1, -0.05) is 35.9 Å². The van der Waals surface area contributed by atoms with Gasteiger partial charge in [-0.25, -0.2) is 12.8 Å². The molecule has 0 spiro atoms. The number of rotatable bonds is 8. The Morgan fingerprint density at radius 3 is 2.40 bits per heavy atom. The van der Waals surface area contributed by atoms with Crippen LogP contribution >= 0.6 is 11.6 Å². The van der Waals surface area contributed by atoms with Crippen LogP contribution in [0.25, 0.3) is 0 Å². The minimum absolute atomic E-state index is 0.00611. The fourth-order valence-corrected chi connectivity index (χ4v) is 3.88. The van der Waals surface area contributed by atoms with Gasteiger partial charge < -0.3 is 10.2 Å². The van der Waals surface area contributed by atoms with Crippen molar-refractivity contribution in [2.75, 3.05) is 24.2 Å². The summed E-state index contributed by atoms with van der Waals surface area (Å²) in [5.74, 6) is -1.70. The van der Waals surface area contributed by atoms with Crippen LogP contribution in [0.4, 0.5) is 10.1 Å². The molecule has 162 valence electrons. The fraction of sp³-hybridized carbons (Fsp3) is 0.300.